The lowest BCUT2D eigenvalue weighted by Gasteiger charge is -2.34. The molecular formula is C29H44N4O7. The second-order valence-electron chi connectivity index (χ2n) is 12.9. The fourth-order valence-corrected chi connectivity index (χ4v) is 6.00. The molecule has 222 valence electrons. The molecule has 11 nitrogen and oxygen atoms in total. The lowest BCUT2D eigenvalue weighted by molar-refractivity contribution is -0.144. The number of rotatable bonds is 12. The summed E-state index contributed by atoms with van der Waals surface area (Å²) in [5.74, 6) is -3.07. The van der Waals surface area contributed by atoms with E-state index < -0.39 is 53.3 Å². The van der Waals surface area contributed by atoms with Gasteiger partial charge in [-0.05, 0) is 69.8 Å². The van der Waals surface area contributed by atoms with E-state index in [1.165, 1.54) is 11.0 Å². The van der Waals surface area contributed by atoms with Gasteiger partial charge in [-0.1, -0.05) is 39.2 Å². The van der Waals surface area contributed by atoms with Crippen molar-refractivity contribution in [2.75, 3.05) is 6.54 Å². The van der Waals surface area contributed by atoms with E-state index >= 15 is 0 Å². The van der Waals surface area contributed by atoms with Crippen LogP contribution in [0.5, 0.6) is 0 Å². The Kier molecular flexibility index (Phi) is 9.46. The molecule has 40 heavy (non-hydrogen) atoms. The van der Waals surface area contributed by atoms with Gasteiger partial charge >= 0.3 is 6.09 Å². The highest BCUT2D eigenvalue weighted by Crippen LogP contribution is 2.65. The number of hydrogen-bond acceptors (Lipinski definition) is 7. The molecule has 1 aliphatic heterocycles. The SMILES string of the molecule is C/C=C/C(=O)CC[C@H](NC(=O)OC(C)(C)C)C(=O)N1CC2C([C@H]1C(=O)NC(CC1CCC1)C(=O)C(N)=O)C2(C)C. The summed E-state index contributed by atoms with van der Waals surface area (Å²) < 4.78 is 5.35. The minimum atomic E-state index is -1.11. The van der Waals surface area contributed by atoms with Crippen LogP contribution >= 0.6 is 0 Å². The van der Waals surface area contributed by atoms with Crippen LogP contribution in [0.25, 0.3) is 0 Å². The molecule has 1 heterocycles. The summed E-state index contributed by atoms with van der Waals surface area (Å²) in [4.78, 5) is 78.1. The van der Waals surface area contributed by atoms with Gasteiger partial charge in [-0.3, -0.25) is 24.0 Å². The number of ketones is 2. The molecule has 0 bridgehead atoms. The van der Waals surface area contributed by atoms with Crippen molar-refractivity contribution < 1.29 is 33.5 Å². The van der Waals surface area contributed by atoms with Gasteiger partial charge in [0.05, 0.1) is 6.04 Å². The topological polar surface area (TPSA) is 165 Å². The van der Waals surface area contributed by atoms with E-state index in [9.17, 15) is 28.8 Å². The average molecular weight is 561 g/mol. The number of fused-ring (bicyclic) bond motifs is 1. The Hall–Kier alpha value is -3.24. The fraction of sp³-hybridized carbons (Fsp3) is 0.724. The molecule has 3 rings (SSSR count). The summed E-state index contributed by atoms with van der Waals surface area (Å²) in [7, 11) is 0. The third-order valence-corrected chi connectivity index (χ3v) is 8.45. The van der Waals surface area contributed by atoms with Gasteiger partial charge in [0.2, 0.25) is 17.6 Å². The Labute approximate surface area is 236 Å². The van der Waals surface area contributed by atoms with E-state index in [2.05, 4.69) is 10.6 Å². The van der Waals surface area contributed by atoms with Gasteiger partial charge in [0.15, 0.2) is 5.78 Å². The summed E-state index contributed by atoms with van der Waals surface area (Å²) in [5.41, 5.74) is 4.27. The molecule has 0 aromatic rings. The minimum absolute atomic E-state index is 0.0101. The number of Topliss-reactive ketones (excluding diaryl/α,β-unsaturated/α-hetero) is 1. The van der Waals surface area contributed by atoms with Crippen molar-refractivity contribution in [1.82, 2.24) is 15.5 Å². The molecule has 1 saturated heterocycles. The van der Waals surface area contributed by atoms with Crippen molar-refractivity contribution in [2.24, 2.45) is 28.9 Å². The Morgan fingerprint density at radius 1 is 1.07 bits per heavy atom. The number of piperidine rings is 1. The predicted molar refractivity (Wildman–Crippen MR) is 147 cm³/mol. The highest BCUT2D eigenvalue weighted by Gasteiger charge is 2.69. The summed E-state index contributed by atoms with van der Waals surface area (Å²) in [5, 5.41) is 5.34. The van der Waals surface area contributed by atoms with Crippen LogP contribution in [0.15, 0.2) is 12.2 Å². The fourth-order valence-electron chi connectivity index (χ4n) is 6.00. The first kappa shape index (κ1) is 31.3. The van der Waals surface area contributed by atoms with Gasteiger partial charge in [0.1, 0.15) is 17.7 Å². The third-order valence-electron chi connectivity index (χ3n) is 8.45. The third kappa shape index (κ3) is 7.28. The lowest BCUT2D eigenvalue weighted by atomic mass is 9.80. The molecule has 0 spiro atoms. The standard InChI is InChI=1S/C29H44N4O7/c1-7-9-17(34)12-13-19(32-27(39)40-28(2,3)4)26(38)33-15-18-21(29(18,5)6)22(33)25(37)31-20(23(35)24(30)36)14-16-10-8-11-16/h7,9,16,18-22H,8,10-15H2,1-6H3,(H2,30,36)(H,31,37)(H,32,39)/b9-7+/t18?,19-,20?,21?,22-/m0/s1. The van der Waals surface area contributed by atoms with Crippen molar-refractivity contribution in [2.45, 2.75) is 104 Å². The highest BCUT2D eigenvalue weighted by molar-refractivity contribution is 6.37. The van der Waals surface area contributed by atoms with E-state index in [1.54, 1.807) is 33.8 Å². The molecule has 3 unspecified atom stereocenters. The summed E-state index contributed by atoms with van der Waals surface area (Å²) in [6.07, 6.45) is 5.40. The zero-order valence-electron chi connectivity index (χ0n) is 24.5. The first-order chi connectivity index (χ1) is 18.6. The van der Waals surface area contributed by atoms with Crippen LogP contribution in [0, 0.1) is 23.2 Å². The van der Waals surface area contributed by atoms with Gasteiger partial charge in [0.25, 0.3) is 5.91 Å². The maximum Gasteiger partial charge on any atom is 0.408 e. The van der Waals surface area contributed by atoms with Crippen LogP contribution in [0.2, 0.25) is 0 Å². The second-order valence-corrected chi connectivity index (χ2v) is 12.9. The zero-order chi connectivity index (χ0) is 30.0. The highest BCUT2D eigenvalue weighted by atomic mass is 16.6. The molecule has 5 atom stereocenters. The number of nitrogens with one attached hydrogen (secondary N) is 2. The van der Waals surface area contributed by atoms with E-state index in [0.29, 0.717) is 13.0 Å². The maximum absolute atomic E-state index is 13.9. The number of carbonyl (C=O) groups is 6. The summed E-state index contributed by atoms with van der Waals surface area (Å²) >= 11 is 0. The largest absolute Gasteiger partial charge is 0.444 e. The first-order valence-electron chi connectivity index (χ1n) is 14.2. The van der Waals surface area contributed by atoms with Crippen LogP contribution in [0.1, 0.15) is 80.1 Å². The number of likely N-dealkylation sites (tertiary alicyclic amines) is 1. The minimum Gasteiger partial charge on any atom is -0.444 e. The number of nitrogens with zero attached hydrogens (tertiary/aromatic N) is 1. The van der Waals surface area contributed by atoms with Crippen molar-refractivity contribution in [3.8, 4) is 0 Å². The number of primary amides is 1. The Balaban J connectivity index is 1.82. The van der Waals surface area contributed by atoms with Crippen LogP contribution in [-0.4, -0.2) is 70.6 Å². The van der Waals surface area contributed by atoms with Crippen molar-refractivity contribution in [3.63, 3.8) is 0 Å². The first-order valence-corrected chi connectivity index (χ1v) is 14.2. The molecule has 11 heteroatoms. The van der Waals surface area contributed by atoms with Gasteiger partial charge in [-0.2, -0.15) is 0 Å². The maximum atomic E-state index is 13.9. The molecule has 2 aliphatic carbocycles. The van der Waals surface area contributed by atoms with Crippen LogP contribution < -0.4 is 16.4 Å². The zero-order valence-corrected chi connectivity index (χ0v) is 24.5. The van der Waals surface area contributed by atoms with E-state index in [-0.39, 0.29) is 41.8 Å². The summed E-state index contributed by atoms with van der Waals surface area (Å²) in [6, 6.07) is -3.05. The number of nitrogens with two attached hydrogens (primary N) is 1. The van der Waals surface area contributed by atoms with E-state index in [1.807, 2.05) is 13.8 Å². The molecule has 0 radical (unpaired) electrons. The van der Waals surface area contributed by atoms with Gasteiger partial charge in [-0.25, -0.2) is 4.79 Å². The van der Waals surface area contributed by atoms with Crippen molar-refractivity contribution >= 4 is 35.4 Å². The van der Waals surface area contributed by atoms with Crippen molar-refractivity contribution in [1.29, 1.82) is 0 Å². The number of alkyl carbamates (subject to hydrolysis) is 1. The Morgan fingerprint density at radius 3 is 2.25 bits per heavy atom. The normalized spacial score (nSPS) is 24.9. The molecule has 3 aliphatic rings. The number of hydrogen-bond donors (Lipinski definition) is 3. The van der Waals surface area contributed by atoms with Crippen molar-refractivity contribution in [3.05, 3.63) is 12.2 Å². The van der Waals surface area contributed by atoms with E-state index in [4.69, 9.17) is 10.5 Å². The Morgan fingerprint density at radius 2 is 1.73 bits per heavy atom. The number of ether oxygens (including phenoxy) is 1. The van der Waals surface area contributed by atoms with Crippen LogP contribution in [-0.2, 0) is 28.7 Å². The predicted octanol–water partition coefficient (Wildman–Crippen LogP) is 2.02. The van der Waals surface area contributed by atoms with E-state index in [0.717, 1.165) is 19.3 Å². The molecule has 3 fully saturated rings. The molecule has 4 amide bonds. The quantitative estimate of drug-likeness (QED) is 0.243. The number of amides is 4. The van der Waals surface area contributed by atoms with Gasteiger partial charge in [0, 0.05) is 13.0 Å². The van der Waals surface area contributed by atoms with Gasteiger partial charge < -0.3 is 26.0 Å². The molecule has 0 aromatic carbocycles. The van der Waals surface area contributed by atoms with Gasteiger partial charge in [-0.15, -0.1) is 0 Å². The number of allylic oxidation sites excluding steroid dienone is 2. The van der Waals surface area contributed by atoms with Crippen LogP contribution in [0.4, 0.5) is 4.79 Å². The molecule has 4 N–H and O–H groups in total. The lowest BCUT2D eigenvalue weighted by Crippen LogP contribution is -2.58. The molecule has 0 aromatic heterocycles. The number of carbonyl (C=O) groups excluding carboxylic acids is 6. The van der Waals surface area contributed by atoms with Crippen LogP contribution in [0.3, 0.4) is 0 Å². The average Bonchev–Trinajstić information content (AvgIpc) is 3.14. The second kappa shape index (κ2) is 12.1. The molecular weight excluding hydrogens is 516 g/mol. The Bertz CT molecular complexity index is 1070. The summed E-state index contributed by atoms with van der Waals surface area (Å²) in [6.45, 7) is 11.1. The molecule has 2 saturated carbocycles. The smallest absolute Gasteiger partial charge is 0.408 e. The monoisotopic (exact) mass is 560 g/mol.